The Morgan fingerprint density at radius 3 is 2.50 bits per heavy atom. The molecule has 0 spiro atoms. The van der Waals surface area contributed by atoms with Gasteiger partial charge >= 0.3 is 6.09 Å². The van der Waals surface area contributed by atoms with Crippen LogP contribution in [0.3, 0.4) is 0 Å². The van der Waals surface area contributed by atoms with Crippen LogP contribution in [0.2, 0.25) is 0 Å². The lowest BCUT2D eigenvalue weighted by molar-refractivity contribution is 0.0170. The largest absolute Gasteiger partial charge is 0.444 e. The Labute approximate surface area is 109 Å². The molecule has 2 atom stereocenters. The zero-order valence-electron chi connectivity index (χ0n) is 12.1. The zero-order valence-corrected chi connectivity index (χ0v) is 12.1. The average Bonchev–Trinajstić information content (AvgIpc) is 2.37. The number of hydrogen-bond acceptors (Lipinski definition) is 4. The smallest absolute Gasteiger partial charge is 0.410 e. The first-order chi connectivity index (χ1) is 8.19. The van der Waals surface area contributed by atoms with Crippen LogP contribution in [0.1, 0.15) is 34.6 Å². The second kappa shape index (κ2) is 5.89. The fraction of sp³-hybridized carbons (Fsp3) is 0.923. The molecule has 1 amide bonds. The van der Waals surface area contributed by atoms with Crippen LogP contribution in [0.15, 0.2) is 0 Å². The molecule has 1 saturated heterocycles. The SMILES string of the molecule is CC(C)C1CN(C(=O)OC(C)(C)C)CC(O)CN1. The zero-order chi connectivity index (χ0) is 13.9. The lowest BCUT2D eigenvalue weighted by Gasteiger charge is -2.29. The van der Waals surface area contributed by atoms with E-state index in [-0.39, 0.29) is 12.1 Å². The van der Waals surface area contributed by atoms with Crippen LogP contribution in [0, 0.1) is 5.92 Å². The fourth-order valence-corrected chi connectivity index (χ4v) is 1.90. The van der Waals surface area contributed by atoms with Crippen LogP contribution in [-0.4, -0.2) is 53.5 Å². The Morgan fingerprint density at radius 2 is 2.00 bits per heavy atom. The van der Waals surface area contributed by atoms with E-state index in [0.717, 1.165) is 0 Å². The van der Waals surface area contributed by atoms with Gasteiger partial charge in [-0.05, 0) is 26.7 Å². The Morgan fingerprint density at radius 1 is 1.39 bits per heavy atom. The first kappa shape index (κ1) is 15.2. The average molecular weight is 258 g/mol. The lowest BCUT2D eigenvalue weighted by atomic mass is 10.0. The predicted octanol–water partition coefficient (Wildman–Crippen LogP) is 1.21. The van der Waals surface area contributed by atoms with E-state index in [0.29, 0.717) is 25.6 Å². The molecule has 1 aliphatic heterocycles. The first-order valence-corrected chi connectivity index (χ1v) is 6.58. The number of aliphatic hydroxyl groups is 1. The topological polar surface area (TPSA) is 61.8 Å². The van der Waals surface area contributed by atoms with Gasteiger partial charge in [-0.3, -0.25) is 0 Å². The Bertz CT molecular complexity index is 286. The van der Waals surface area contributed by atoms with Gasteiger partial charge in [0.05, 0.1) is 12.6 Å². The van der Waals surface area contributed by atoms with E-state index >= 15 is 0 Å². The van der Waals surface area contributed by atoms with E-state index in [1.165, 1.54) is 0 Å². The van der Waals surface area contributed by atoms with E-state index in [1.54, 1.807) is 4.90 Å². The van der Waals surface area contributed by atoms with E-state index in [4.69, 9.17) is 4.74 Å². The number of amides is 1. The highest BCUT2D eigenvalue weighted by Gasteiger charge is 2.30. The number of nitrogens with zero attached hydrogens (tertiary/aromatic N) is 1. The third-order valence-corrected chi connectivity index (χ3v) is 2.92. The van der Waals surface area contributed by atoms with Crippen molar-refractivity contribution >= 4 is 6.09 Å². The molecule has 18 heavy (non-hydrogen) atoms. The molecular formula is C13H26N2O3. The molecular weight excluding hydrogens is 232 g/mol. The molecule has 5 heteroatoms. The molecule has 106 valence electrons. The normalized spacial score (nSPS) is 26.1. The summed E-state index contributed by atoms with van der Waals surface area (Å²) in [4.78, 5) is 13.6. The molecule has 1 aliphatic rings. The molecule has 0 radical (unpaired) electrons. The summed E-state index contributed by atoms with van der Waals surface area (Å²) in [5.41, 5.74) is -0.505. The van der Waals surface area contributed by atoms with Crippen LogP contribution < -0.4 is 5.32 Å². The maximum absolute atomic E-state index is 12.0. The van der Waals surface area contributed by atoms with Gasteiger partial charge in [0, 0.05) is 19.1 Å². The highest BCUT2D eigenvalue weighted by atomic mass is 16.6. The van der Waals surface area contributed by atoms with Gasteiger partial charge in [0.2, 0.25) is 0 Å². The van der Waals surface area contributed by atoms with E-state index < -0.39 is 11.7 Å². The predicted molar refractivity (Wildman–Crippen MR) is 70.4 cm³/mol. The maximum Gasteiger partial charge on any atom is 0.410 e. The second-order valence-electron chi connectivity index (χ2n) is 6.30. The minimum Gasteiger partial charge on any atom is -0.444 e. The van der Waals surface area contributed by atoms with Gasteiger partial charge in [-0.15, -0.1) is 0 Å². The summed E-state index contributed by atoms with van der Waals surface area (Å²) in [6.07, 6.45) is -0.892. The number of ether oxygens (including phenoxy) is 1. The van der Waals surface area contributed by atoms with Crippen molar-refractivity contribution in [3.63, 3.8) is 0 Å². The number of nitrogens with one attached hydrogen (secondary N) is 1. The van der Waals surface area contributed by atoms with Crippen molar-refractivity contribution in [3.05, 3.63) is 0 Å². The monoisotopic (exact) mass is 258 g/mol. The minimum absolute atomic E-state index is 0.190. The summed E-state index contributed by atoms with van der Waals surface area (Å²) in [6, 6.07) is 0.190. The van der Waals surface area contributed by atoms with E-state index in [2.05, 4.69) is 19.2 Å². The molecule has 1 fully saturated rings. The Kier molecular flexibility index (Phi) is 4.99. The van der Waals surface area contributed by atoms with Crippen molar-refractivity contribution in [3.8, 4) is 0 Å². The van der Waals surface area contributed by atoms with Crippen molar-refractivity contribution < 1.29 is 14.6 Å². The summed E-state index contributed by atoms with van der Waals surface area (Å²) in [6.45, 7) is 11.1. The van der Waals surface area contributed by atoms with Crippen molar-refractivity contribution in [2.75, 3.05) is 19.6 Å². The van der Waals surface area contributed by atoms with Crippen LogP contribution in [0.4, 0.5) is 4.79 Å². The number of rotatable bonds is 1. The number of β-amino-alcohol motifs (C(OH)–C–C–N with tert-alkyl or cyclic N) is 1. The maximum atomic E-state index is 12.0. The van der Waals surface area contributed by atoms with Gasteiger partial charge in [0.1, 0.15) is 5.60 Å². The van der Waals surface area contributed by atoms with Crippen molar-refractivity contribution in [1.82, 2.24) is 10.2 Å². The molecule has 0 bridgehead atoms. The van der Waals surface area contributed by atoms with Gasteiger partial charge < -0.3 is 20.1 Å². The van der Waals surface area contributed by atoms with Gasteiger partial charge in [0.25, 0.3) is 0 Å². The standard InChI is InChI=1S/C13H26N2O3/c1-9(2)11-8-15(7-10(16)6-14-11)12(17)18-13(3,4)5/h9-11,14,16H,6-8H2,1-5H3. The quantitative estimate of drug-likeness (QED) is 0.742. The Balaban J connectivity index is 2.69. The third-order valence-electron chi connectivity index (χ3n) is 2.92. The molecule has 0 saturated carbocycles. The van der Waals surface area contributed by atoms with Crippen molar-refractivity contribution in [2.24, 2.45) is 5.92 Å². The summed E-state index contributed by atoms with van der Waals surface area (Å²) in [7, 11) is 0. The van der Waals surface area contributed by atoms with Gasteiger partial charge in [-0.2, -0.15) is 0 Å². The van der Waals surface area contributed by atoms with Crippen molar-refractivity contribution in [2.45, 2.75) is 52.4 Å². The van der Waals surface area contributed by atoms with Gasteiger partial charge in [0.15, 0.2) is 0 Å². The lowest BCUT2D eigenvalue weighted by Crippen LogP contribution is -2.45. The van der Waals surface area contributed by atoms with Gasteiger partial charge in [-0.1, -0.05) is 13.8 Å². The highest BCUT2D eigenvalue weighted by molar-refractivity contribution is 5.68. The second-order valence-corrected chi connectivity index (χ2v) is 6.30. The molecule has 0 aromatic heterocycles. The fourth-order valence-electron chi connectivity index (χ4n) is 1.90. The van der Waals surface area contributed by atoms with E-state index in [1.807, 2.05) is 20.8 Å². The van der Waals surface area contributed by atoms with E-state index in [9.17, 15) is 9.90 Å². The van der Waals surface area contributed by atoms with Crippen LogP contribution >= 0.6 is 0 Å². The molecule has 1 rings (SSSR count). The molecule has 0 aromatic carbocycles. The summed E-state index contributed by atoms with van der Waals surface area (Å²) >= 11 is 0. The molecule has 0 aromatic rings. The van der Waals surface area contributed by atoms with Crippen LogP contribution in [0.5, 0.6) is 0 Å². The summed E-state index contributed by atoms with van der Waals surface area (Å²) < 4.78 is 5.36. The Hall–Kier alpha value is -0.810. The molecule has 2 N–H and O–H groups in total. The van der Waals surface area contributed by atoms with Gasteiger partial charge in [-0.25, -0.2) is 4.79 Å². The third kappa shape index (κ3) is 4.82. The molecule has 1 heterocycles. The minimum atomic E-state index is -0.540. The van der Waals surface area contributed by atoms with Crippen molar-refractivity contribution in [1.29, 1.82) is 0 Å². The highest BCUT2D eigenvalue weighted by Crippen LogP contribution is 2.14. The van der Waals surface area contributed by atoms with Crippen LogP contribution in [0.25, 0.3) is 0 Å². The van der Waals surface area contributed by atoms with Crippen LogP contribution in [-0.2, 0) is 4.74 Å². The molecule has 0 aliphatic carbocycles. The first-order valence-electron chi connectivity index (χ1n) is 6.58. The summed E-state index contributed by atoms with van der Waals surface area (Å²) in [5, 5.41) is 13.1. The summed E-state index contributed by atoms with van der Waals surface area (Å²) in [5.74, 6) is 0.403. The number of carbonyl (C=O) groups excluding carboxylic acids is 1. The molecule has 2 unspecified atom stereocenters. The number of carbonyl (C=O) groups is 1. The number of aliphatic hydroxyl groups excluding tert-OH is 1. The molecule has 5 nitrogen and oxygen atoms in total. The number of hydrogen-bond donors (Lipinski definition) is 2.